The van der Waals surface area contributed by atoms with Gasteiger partial charge in [0.05, 0.1) is 5.56 Å². The van der Waals surface area contributed by atoms with E-state index >= 15 is 0 Å². The van der Waals surface area contributed by atoms with Crippen molar-refractivity contribution < 1.29 is 22.4 Å². The van der Waals surface area contributed by atoms with Gasteiger partial charge in [0.1, 0.15) is 0 Å². The van der Waals surface area contributed by atoms with Crippen LogP contribution in [0, 0.1) is 0 Å². The van der Waals surface area contributed by atoms with Crippen LogP contribution in [-0.4, -0.2) is 28.1 Å². The van der Waals surface area contributed by atoms with E-state index in [9.17, 15) is 18.0 Å². The summed E-state index contributed by atoms with van der Waals surface area (Å²) >= 11 is 0. The number of amides is 1. The van der Waals surface area contributed by atoms with Crippen LogP contribution in [0.15, 0.2) is 59.3 Å². The highest BCUT2D eigenvalue weighted by molar-refractivity contribution is 5.94. The summed E-state index contributed by atoms with van der Waals surface area (Å²) in [4.78, 5) is 13.9. The molecule has 0 saturated heterocycles. The number of carbonyl (C=O) groups excluding carboxylic acids is 1. The normalized spacial score (nSPS) is 11.4. The van der Waals surface area contributed by atoms with E-state index in [0.29, 0.717) is 22.6 Å². The predicted molar refractivity (Wildman–Crippen MR) is 87.0 cm³/mol. The summed E-state index contributed by atoms with van der Waals surface area (Å²) in [7, 11) is 1.59. The molecule has 5 nitrogen and oxygen atoms in total. The monoisotopic (exact) mass is 361 g/mol. The summed E-state index contributed by atoms with van der Waals surface area (Å²) in [6.07, 6.45) is -3.16. The van der Waals surface area contributed by atoms with E-state index in [1.807, 2.05) is 0 Å². The first-order valence-corrected chi connectivity index (χ1v) is 7.63. The van der Waals surface area contributed by atoms with Crippen LogP contribution in [0.5, 0.6) is 0 Å². The lowest BCUT2D eigenvalue weighted by Gasteiger charge is -2.18. The predicted octanol–water partition coefficient (Wildman–Crippen LogP) is 4.03. The number of hydrogen-bond donors (Lipinski definition) is 0. The molecule has 0 atom stereocenters. The van der Waals surface area contributed by atoms with E-state index in [1.165, 1.54) is 23.4 Å². The van der Waals surface area contributed by atoms with Crippen LogP contribution in [0.2, 0.25) is 0 Å². The Morgan fingerprint density at radius 1 is 1.08 bits per heavy atom. The Labute approximate surface area is 147 Å². The zero-order valence-electron chi connectivity index (χ0n) is 13.7. The molecule has 0 radical (unpaired) electrons. The Morgan fingerprint density at radius 2 is 1.73 bits per heavy atom. The topological polar surface area (TPSA) is 59.2 Å². The van der Waals surface area contributed by atoms with Crippen molar-refractivity contribution in [2.75, 3.05) is 7.05 Å². The van der Waals surface area contributed by atoms with Crippen LogP contribution in [0.1, 0.15) is 21.5 Å². The van der Waals surface area contributed by atoms with Gasteiger partial charge in [-0.3, -0.25) is 4.79 Å². The van der Waals surface area contributed by atoms with Crippen LogP contribution in [0.4, 0.5) is 13.2 Å². The van der Waals surface area contributed by atoms with Gasteiger partial charge in [-0.1, -0.05) is 12.1 Å². The van der Waals surface area contributed by atoms with Gasteiger partial charge in [-0.15, -0.1) is 10.2 Å². The molecule has 8 heteroatoms. The van der Waals surface area contributed by atoms with Gasteiger partial charge in [0.15, 0.2) is 0 Å². The first-order valence-electron chi connectivity index (χ1n) is 7.63. The standard InChI is InChI=1S/C18H14F3N3O2/c1-24(10-12-2-8-15(9-3-12)18(19,20)21)17(25)14-6-4-13(5-7-14)16-23-22-11-26-16/h2-9,11H,10H2,1H3. The van der Waals surface area contributed by atoms with E-state index in [0.717, 1.165) is 12.1 Å². The van der Waals surface area contributed by atoms with Crippen LogP contribution < -0.4 is 0 Å². The number of alkyl halides is 3. The molecule has 0 unspecified atom stereocenters. The number of carbonyl (C=O) groups is 1. The van der Waals surface area contributed by atoms with E-state index in [4.69, 9.17) is 4.42 Å². The highest BCUT2D eigenvalue weighted by Gasteiger charge is 2.30. The largest absolute Gasteiger partial charge is 0.423 e. The number of hydrogen-bond acceptors (Lipinski definition) is 4. The molecule has 0 fully saturated rings. The molecule has 0 N–H and O–H groups in total. The number of rotatable bonds is 4. The molecule has 0 aliphatic carbocycles. The Bertz CT molecular complexity index is 874. The zero-order chi connectivity index (χ0) is 18.7. The second-order valence-electron chi connectivity index (χ2n) is 5.68. The third kappa shape index (κ3) is 3.90. The first kappa shape index (κ1) is 17.7. The fourth-order valence-electron chi connectivity index (χ4n) is 2.42. The van der Waals surface area contributed by atoms with Crippen LogP contribution in [0.3, 0.4) is 0 Å². The number of benzene rings is 2. The Balaban J connectivity index is 1.67. The van der Waals surface area contributed by atoms with Gasteiger partial charge in [0, 0.05) is 24.7 Å². The smallest absolute Gasteiger partial charge is 0.416 e. The fraction of sp³-hybridized carbons (Fsp3) is 0.167. The Morgan fingerprint density at radius 3 is 2.27 bits per heavy atom. The van der Waals surface area contributed by atoms with Crippen molar-refractivity contribution in [2.24, 2.45) is 0 Å². The van der Waals surface area contributed by atoms with Gasteiger partial charge in [-0.05, 0) is 42.0 Å². The average Bonchev–Trinajstić information content (AvgIpc) is 3.15. The van der Waals surface area contributed by atoms with Gasteiger partial charge in [0.25, 0.3) is 5.91 Å². The molecule has 0 saturated carbocycles. The van der Waals surface area contributed by atoms with Gasteiger partial charge < -0.3 is 9.32 Å². The quantitative estimate of drug-likeness (QED) is 0.704. The van der Waals surface area contributed by atoms with Crippen LogP contribution in [-0.2, 0) is 12.7 Å². The maximum Gasteiger partial charge on any atom is 0.416 e. The third-order valence-electron chi connectivity index (χ3n) is 3.79. The Hall–Kier alpha value is -3.16. The van der Waals surface area contributed by atoms with Crippen molar-refractivity contribution in [3.63, 3.8) is 0 Å². The van der Waals surface area contributed by atoms with Crippen molar-refractivity contribution in [1.29, 1.82) is 0 Å². The molecular weight excluding hydrogens is 347 g/mol. The molecule has 0 spiro atoms. The zero-order valence-corrected chi connectivity index (χ0v) is 13.7. The summed E-state index contributed by atoms with van der Waals surface area (Å²) in [6, 6.07) is 11.4. The molecule has 1 aromatic heterocycles. The molecule has 3 rings (SSSR count). The minimum Gasteiger partial charge on any atom is -0.423 e. The van der Waals surface area contributed by atoms with Crippen molar-refractivity contribution in [2.45, 2.75) is 12.7 Å². The highest BCUT2D eigenvalue weighted by Crippen LogP contribution is 2.29. The molecule has 0 aliphatic heterocycles. The number of nitrogens with zero attached hydrogens (tertiary/aromatic N) is 3. The molecule has 1 heterocycles. The van der Waals surface area contributed by atoms with Gasteiger partial charge in [-0.25, -0.2) is 0 Å². The van der Waals surface area contributed by atoms with E-state index < -0.39 is 11.7 Å². The molecule has 2 aromatic carbocycles. The summed E-state index contributed by atoms with van der Waals surface area (Å²) < 4.78 is 42.8. The maximum atomic E-state index is 12.6. The fourth-order valence-corrected chi connectivity index (χ4v) is 2.42. The number of halogens is 3. The first-order chi connectivity index (χ1) is 12.3. The van der Waals surface area contributed by atoms with Crippen molar-refractivity contribution in [3.8, 4) is 11.5 Å². The lowest BCUT2D eigenvalue weighted by molar-refractivity contribution is -0.137. The second-order valence-corrected chi connectivity index (χ2v) is 5.68. The molecule has 0 aliphatic rings. The number of aromatic nitrogens is 2. The molecule has 26 heavy (non-hydrogen) atoms. The van der Waals surface area contributed by atoms with Gasteiger partial charge in [-0.2, -0.15) is 13.2 Å². The highest BCUT2D eigenvalue weighted by atomic mass is 19.4. The van der Waals surface area contributed by atoms with Crippen molar-refractivity contribution in [3.05, 3.63) is 71.6 Å². The lowest BCUT2D eigenvalue weighted by Crippen LogP contribution is -2.26. The van der Waals surface area contributed by atoms with Crippen molar-refractivity contribution >= 4 is 5.91 Å². The minimum absolute atomic E-state index is 0.197. The SMILES string of the molecule is CN(Cc1ccc(C(F)(F)F)cc1)C(=O)c1ccc(-c2nnco2)cc1. The lowest BCUT2D eigenvalue weighted by atomic mass is 10.1. The molecule has 1 amide bonds. The maximum absolute atomic E-state index is 12.6. The van der Waals surface area contributed by atoms with Gasteiger partial charge >= 0.3 is 6.18 Å². The average molecular weight is 361 g/mol. The van der Waals surface area contributed by atoms with E-state index in [1.54, 1.807) is 31.3 Å². The molecule has 3 aromatic rings. The van der Waals surface area contributed by atoms with E-state index in [-0.39, 0.29) is 12.5 Å². The van der Waals surface area contributed by atoms with Crippen LogP contribution in [0.25, 0.3) is 11.5 Å². The molecule has 134 valence electrons. The summed E-state index contributed by atoms with van der Waals surface area (Å²) in [5.41, 5.74) is 1.02. The second kappa shape index (κ2) is 6.99. The van der Waals surface area contributed by atoms with Crippen molar-refractivity contribution in [1.82, 2.24) is 15.1 Å². The Kier molecular flexibility index (Phi) is 4.75. The van der Waals surface area contributed by atoms with Gasteiger partial charge in [0.2, 0.25) is 12.3 Å². The summed E-state index contributed by atoms with van der Waals surface area (Å²) in [5, 5.41) is 7.37. The van der Waals surface area contributed by atoms with Crippen LogP contribution >= 0.6 is 0 Å². The summed E-state index contributed by atoms with van der Waals surface area (Å²) in [6.45, 7) is 0.197. The summed E-state index contributed by atoms with van der Waals surface area (Å²) in [5.74, 6) is 0.101. The van der Waals surface area contributed by atoms with E-state index in [2.05, 4.69) is 10.2 Å². The molecule has 0 bridgehead atoms. The molecular formula is C18H14F3N3O2. The third-order valence-corrected chi connectivity index (χ3v) is 3.79. The minimum atomic E-state index is -4.37.